The van der Waals surface area contributed by atoms with Gasteiger partial charge in [0.2, 0.25) is 0 Å². The molecule has 1 heterocycles. The molecule has 0 amide bonds. The first-order chi connectivity index (χ1) is 8.27. The number of halogens is 1. The van der Waals surface area contributed by atoms with E-state index in [1.165, 1.54) is 19.3 Å². The molecule has 2 atom stereocenters. The third-order valence-corrected chi connectivity index (χ3v) is 4.19. The summed E-state index contributed by atoms with van der Waals surface area (Å²) in [6.07, 6.45) is 3.77. The van der Waals surface area contributed by atoms with Crippen molar-refractivity contribution in [1.29, 1.82) is 0 Å². The van der Waals surface area contributed by atoms with Gasteiger partial charge in [-0.1, -0.05) is 6.07 Å². The Bertz CT molecular complexity index is 419. The van der Waals surface area contributed by atoms with E-state index in [1.54, 1.807) is 6.07 Å². The minimum absolute atomic E-state index is 0.0874. The molecule has 1 saturated carbocycles. The molecule has 0 radical (unpaired) electrons. The van der Waals surface area contributed by atoms with Crippen LogP contribution in [-0.4, -0.2) is 25.2 Å². The Morgan fingerprint density at radius 2 is 2.24 bits per heavy atom. The van der Waals surface area contributed by atoms with Crippen LogP contribution in [0.2, 0.25) is 0 Å². The fourth-order valence-corrected chi connectivity index (χ4v) is 3.29. The molecule has 2 nitrogen and oxygen atoms in total. The van der Waals surface area contributed by atoms with E-state index in [4.69, 9.17) is 0 Å². The average Bonchev–Trinajstić information content (AvgIpc) is 2.81. The predicted molar refractivity (Wildman–Crippen MR) is 67.9 cm³/mol. The molecule has 0 spiro atoms. The van der Waals surface area contributed by atoms with Gasteiger partial charge in [-0.2, -0.15) is 0 Å². The fourth-order valence-electron chi connectivity index (χ4n) is 3.29. The van der Waals surface area contributed by atoms with E-state index < -0.39 is 0 Å². The van der Waals surface area contributed by atoms with Gasteiger partial charge in [-0.25, -0.2) is 4.39 Å². The molecule has 1 aromatic rings. The zero-order valence-electron chi connectivity index (χ0n) is 10.2. The van der Waals surface area contributed by atoms with Crippen molar-refractivity contribution >= 4 is 5.69 Å². The summed E-state index contributed by atoms with van der Waals surface area (Å²) >= 11 is 0. The fraction of sp³-hybridized carbons (Fsp3) is 0.571. The number of nitrogens with one attached hydrogen (secondary N) is 1. The molecular formula is C14H19FN2. The van der Waals surface area contributed by atoms with E-state index in [9.17, 15) is 4.39 Å². The Balaban J connectivity index is 1.94. The number of hydrogen-bond donors (Lipinski definition) is 1. The number of rotatable bonds is 1. The normalized spacial score (nSPS) is 28.2. The van der Waals surface area contributed by atoms with Gasteiger partial charge in [0.1, 0.15) is 5.82 Å². The smallest absolute Gasteiger partial charge is 0.128 e. The Hall–Kier alpha value is -1.09. The van der Waals surface area contributed by atoms with E-state index in [0.29, 0.717) is 12.1 Å². The van der Waals surface area contributed by atoms with E-state index in [0.717, 1.165) is 24.3 Å². The molecule has 1 N–H and O–H groups in total. The van der Waals surface area contributed by atoms with Crippen LogP contribution in [0.25, 0.3) is 0 Å². The van der Waals surface area contributed by atoms with Crippen molar-refractivity contribution in [2.45, 2.75) is 38.3 Å². The molecule has 92 valence electrons. The highest BCUT2D eigenvalue weighted by atomic mass is 19.1. The monoisotopic (exact) mass is 234 g/mol. The van der Waals surface area contributed by atoms with Gasteiger partial charge in [0.15, 0.2) is 0 Å². The van der Waals surface area contributed by atoms with E-state index in [-0.39, 0.29) is 5.82 Å². The number of hydrogen-bond acceptors (Lipinski definition) is 2. The second-order valence-corrected chi connectivity index (χ2v) is 5.14. The van der Waals surface area contributed by atoms with Gasteiger partial charge in [-0.3, -0.25) is 0 Å². The summed E-state index contributed by atoms with van der Waals surface area (Å²) in [7, 11) is 0. The van der Waals surface area contributed by atoms with Crippen LogP contribution in [0.15, 0.2) is 18.2 Å². The summed E-state index contributed by atoms with van der Waals surface area (Å²) in [5.74, 6) is -0.0874. The standard InChI is InChI=1S/C14H19FN2/c1-10-11(15)4-2-6-13(10)17-9-8-16-12-5-3-7-14(12)17/h2,4,6,12,14,16H,3,5,7-9H2,1H3/t12-,14+/m1/s1. The maximum Gasteiger partial charge on any atom is 0.128 e. The zero-order valence-corrected chi connectivity index (χ0v) is 10.2. The number of piperazine rings is 1. The first-order valence-electron chi connectivity index (χ1n) is 6.52. The van der Waals surface area contributed by atoms with E-state index in [1.807, 2.05) is 13.0 Å². The molecule has 0 unspecified atom stereocenters. The molecule has 3 rings (SSSR count). The third kappa shape index (κ3) is 1.82. The Morgan fingerprint density at radius 3 is 3.12 bits per heavy atom. The lowest BCUT2D eigenvalue weighted by molar-refractivity contribution is 0.403. The molecule has 0 bridgehead atoms. The molecular weight excluding hydrogens is 215 g/mol. The maximum absolute atomic E-state index is 13.6. The maximum atomic E-state index is 13.6. The van der Waals surface area contributed by atoms with Crippen molar-refractivity contribution in [3.8, 4) is 0 Å². The number of anilines is 1. The molecule has 2 fully saturated rings. The van der Waals surface area contributed by atoms with Crippen molar-refractivity contribution in [3.05, 3.63) is 29.6 Å². The Labute approximate surface area is 102 Å². The van der Waals surface area contributed by atoms with Crippen LogP contribution in [0.4, 0.5) is 10.1 Å². The van der Waals surface area contributed by atoms with Crippen LogP contribution in [0, 0.1) is 12.7 Å². The molecule has 3 heteroatoms. The lowest BCUT2D eigenvalue weighted by Gasteiger charge is -2.40. The van der Waals surface area contributed by atoms with Gasteiger partial charge in [-0.05, 0) is 38.3 Å². The van der Waals surface area contributed by atoms with Crippen LogP contribution in [0.3, 0.4) is 0 Å². The van der Waals surface area contributed by atoms with Gasteiger partial charge < -0.3 is 10.2 Å². The highest BCUT2D eigenvalue weighted by molar-refractivity contribution is 5.55. The number of nitrogens with zero attached hydrogens (tertiary/aromatic N) is 1. The topological polar surface area (TPSA) is 15.3 Å². The Morgan fingerprint density at radius 1 is 1.35 bits per heavy atom. The van der Waals surface area contributed by atoms with Crippen LogP contribution in [0.1, 0.15) is 24.8 Å². The quantitative estimate of drug-likeness (QED) is 0.803. The predicted octanol–water partition coefficient (Wildman–Crippen LogP) is 2.46. The lowest BCUT2D eigenvalue weighted by Crippen LogP contribution is -2.55. The van der Waals surface area contributed by atoms with Crippen molar-refractivity contribution < 1.29 is 4.39 Å². The molecule has 0 aromatic heterocycles. The molecule has 2 aliphatic rings. The van der Waals surface area contributed by atoms with Crippen LogP contribution < -0.4 is 10.2 Å². The molecule has 1 aliphatic heterocycles. The van der Waals surface area contributed by atoms with Gasteiger partial charge in [-0.15, -0.1) is 0 Å². The van der Waals surface area contributed by atoms with Crippen molar-refractivity contribution in [3.63, 3.8) is 0 Å². The number of fused-ring (bicyclic) bond motifs is 1. The Kier molecular flexibility index (Phi) is 2.79. The molecule has 1 aromatic carbocycles. The summed E-state index contributed by atoms with van der Waals surface area (Å²) in [4.78, 5) is 2.41. The van der Waals surface area contributed by atoms with E-state index >= 15 is 0 Å². The minimum atomic E-state index is -0.0874. The van der Waals surface area contributed by atoms with Crippen molar-refractivity contribution in [2.75, 3.05) is 18.0 Å². The first-order valence-corrected chi connectivity index (χ1v) is 6.52. The average molecular weight is 234 g/mol. The zero-order chi connectivity index (χ0) is 11.8. The number of benzene rings is 1. The van der Waals surface area contributed by atoms with Gasteiger partial charge >= 0.3 is 0 Å². The highest BCUT2D eigenvalue weighted by Crippen LogP contribution is 2.32. The van der Waals surface area contributed by atoms with Crippen molar-refractivity contribution in [1.82, 2.24) is 5.32 Å². The summed E-state index contributed by atoms with van der Waals surface area (Å²) in [5, 5.41) is 3.58. The third-order valence-electron chi connectivity index (χ3n) is 4.19. The second-order valence-electron chi connectivity index (χ2n) is 5.14. The lowest BCUT2D eigenvalue weighted by atomic mass is 10.0. The van der Waals surface area contributed by atoms with Crippen molar-refractivity contribution in [2.24, 2.45) is 0 Å². The molecule has 17 heavy (non-hydrogen) atoms. The summed E-state index contributed by atoms with van der Waals surface area (Å²) < 4.78 is 13.6. The van der Waals surface area contributed by atoms with Gasteiger partial charge in [0, 0.05) is 36.4 Å². The largest absolute Gasteiger partial charge is 0.365 e. The van der Waals surface area contributed by atoms with Crippen LogP contribution in [-0.2, 0) is 0 Å². The molecule has 1 aliphatic carbocycles. The van der Waals surface area contributed by atoms with E-state index in [2.05, 4.69) is 16.3 Å². The van der Waals surface area contributed by atoms with Gasteiger partial charge in [0.05, 0.1) is 0 Å². The summed E-state index contributed by atoms with van der Waals surface area (Å²) in [6, 6.07) is 6.59. The minimum Gasteiger partial charge on any atom is -0.365 e. The molecule has 1 saturated heterocycles. The summed E-state index contributed by atoms with van der Waals surface area (Å²) in [6.45, 7) is 3.89. The van der Waals surface area contributed by atoms with Gasteiger partial charge in [0.25, 0.3) is 0 Å². The van der Waals surface area contributed by atoms with Crippen LogP contribution in [0.5, 0.6) is 0 Å². The second kappa shape index (κ2) is 4.30. The first kappa shape index (κ1) is 11.0. The van der Waals surface area contributed by atoms with Crippen LogP contribution >= 0.6 is 0 Å². The highest BCUT2D eigenvalue weighted by Gasteiger charge is 2.35. The summed E-state index contributed by atoms with van der Waals surface area (Å²) in [5.41, 5.74) is 1.88. The SMILES string of the molecule is Cc1c(F)cccc1N1CCN[C@@H]2CCC[C@@H]21.